The zero-order chi connectivity index (χ0) is 16.3. The van der Waals surface area contributed by atoms with Gasteiger partial charge in [-0.3, -0.25) is 0 Å². The fraction of sp³-hybridized carbons (Fsp3) is 0.600. The van der Waals surface area contributed by atoms with Gasteiger partial charge in [0.15, 0.2) is 0 Å². The van der Waals surface area contributed by atoms with Crippen molar-refractivity contribution in [2.45, 2.75) is 31.2 Å². The highest BCUT2D eigenvalue weighted by Crippen LogP contribution is 2.43. The van der Waals surface area contributed by atoms with Gasteiger partial charge in [-0.15, -0.1) is 0 Å². The maximum Gasteiger partial charge on any atom is 0.420 e. The number of benzene rings is 1. The van der Waals surface area contributed by atoms with E-state index in [4.69, 9.17) is 14.2 Å². The van der Waals surface area contributed by atoms with Crippen LogP contribution in [0.15, 0.2) is 12.1 Å². The number of methoxy groups -OCH3 is 3. The third-order valence-corrected chi connectivity index (χ3v) is 3.88. The summed E-state index contributed by atoms with van der Waals surface area (Å²) >= 11 is 0. The van der Waals surface area contributed by atoms with Crippen molar-refractivity contribution in [2.75, 3.05) is 27.9 Å². The first-order chi connectivity index (χ1) is 10.4. The summed E-state index contributed by atoms with van der Waals surface area (Å²) in [5, 5.41) is 3.30. The molecule has 0 radical (unpaired) electrons. The lowest BCUT2D eigenvalue weighted by molar-refractivity contribution is -0.138. The maximum atomic E-state index is 13.1. The predicted molar refractivity (Wildman–Crippen MR) is 75.3 cm³/mol. The molecular formula is C15H20F3NO3. The lowest BCUT2D eigenvalue weighted by Gasteiger charge is -2.26. The van der Waals surface area contributed by atoms with Crippen LogP contribution in [0.2, 0.25) is 0 Å². The van der Waals surface area contributed by atoms with E-state index in [2.05, 4.69) is 5.32 Å². The Morgan fingerprint density at radius 1 is 1.14 bits per heavy atom. The summed E-state index contributed by atoms with van der Waals surface area (Å²) in [5.41, 5.74) is -0.306. The molecule has 1 aliphatic heterocycles. The van der Waals surface area contributed by atoms with Gasteiger partial charge in [0.05, 0.1) is 14.2 Å². The van der Waals surface area contributed by atoms with Gasteiger partial charge in [0.25, 0.3) is 0 Å². The summed E-state index contributed by atoms with van der Waals surface area (Å²) in [6.07, 6.45) is -3.00. The Bertz CT molecular complexity index is 513. The number of halogens is 3. The van der Waals surface area contributed by atoms with Crippen LogP contribution in [0, 0.1) is 0 Å². The molecule has 1 aliphatic rings. The highest BCUT2D eigenvalue weighted by molar-refractivity contribution is 5.49. The van der Waals surface area contributed by atoms with E-state index in [1.807, 2.05) is 0 Å². The summed E-state index contributed by atoms with van der Waals surface area (Å²) in [6.45, 7) is 0.866. The molecule has 4 nitrogen and oxygen atoms in total. The van der Waals surface area contributed by atoms with Gasteiger partial charge >= 0.3 is 6.18 Å². The van der Waals surface area contributed by atoms with Gasteiger partial charge in [-0.2, -0.15) is 13.2 Å². The lowest BCUT2D eigenvalue weighted by atomic mass is 9.97. The maximum absolute atomic E-state index is 13.1. The molecule has 1 fully saturated rings. The van der Waals surface area contributed by atoms with Crippen molar-refractivity contribution in [1.82, 2.24) is 5.32 Å². The smallest absolute Gasteiger partial charge is 0.420 e. The standard InChI is InChI=1S/C15H20F3NO3/c1-20-12-8-10(15(16,17)18)13(21-2)7-9(12)14(22-3)11-5-4-6-19-11/h7-8,11,14,19H,4-6H2,1-3H3/t11-,14?/m0/s1. The third-order valence-electron chi connectivity index (χ3n) is 3.88. The fourth-order valence-corrected chi connectivity index (χ4v) is 2.84. The minimum absolute atomic E-state index is 0.0420. The first kappa shape index (κ1) is 16.9. The first-order valence-electron chi connectivity index (χ1n) is 7.01. The van der Waals surface area contributed by atoms with Gasteiger partial charge in [-0.1, -0.05) is 0 Å². The minimum Gasteiger partial charge on any atom is -0.496 e. The molecule has 7 heteroatoms. The van der Waals surface area contributed by atoms with E-state index in [9.17, 15) is 13.2 Å². The third kappa shape index (κ3) is 3.30. The molecule has 0 saturated carbocycles. The summed E-state index contributed by atoms with van der Waals surface area (Å²) in [4.78, 5) is 0. The molecule has 1 N–H and O–H groups in total. The zero-order valence-electron chi connectivity index (χ0n) is 12.8. The Labute approximate surface area is 127 Å². The molecule has 124 valence electrons. The molecule has 2 atom stereocenters. The van der Waals surface area contributed by atoms with Crippen LogP contribution < -0.4 is 14.8 Å². The quantitative estimate of drug-likeness (QED) is 0.905. The van der Waals surface area contributed by atoms with Crippen molar-refractivity contribution in [2.24, 2.45) is 0 Å². The Hall–Kier alpha value is -1.47. The molecule has 1 unspecified atom stereocenters. The Kier molecular flexibility index (Phi) is 5.18. The summed E-state index contributed by atoms with van der Waals surface area (Å²) in [6, 6.07) is 2.37. The van der Waals surface area contributed by atoms with E-state index in [0.29, 0.717) is 5.56 Å². The number of rotatable bonds is 5. The fourth-order valence-electron chi connectivity index (χ4n) is 2.84. The normalized spacial score (nSPS) is 20.0. The largest absolute Gasteiger partial charge is 0.496 e. The van der Waals surface area contributed by atoms with Gasteiger partial charge < -0.3 is 19.5 Å². The van der Waals surface area contributed by atoms with Crippen LogP contribution in [0.5, 0.6) is 11.5 Å². The van der Waals surface area contributed by atoms with Crippen LogP contribution in [0.3, 0.4) is 0 Å². The highest BCUT2D eigenvalue weighted by Gasteiger charge is 2.37. The topological polar surface area (TPSA) is 39.7 Å². The molecule has 0 amide bonds. The molecule has 1 heterocycles. The summed E-state index contributed by atoms with van der Waals surface area (Å²) in [7, 11) is 4.10. The van der Waals surface area contributed by atoms with Gasteiger partial charge in [-0.05, 0) is 31.5 Å². The number of nitrogens with one attached hydrogen (secondary N) is 1. The van der Waals surface area contributed by atoms with E-state index >= 15 is 0 Å². The van der Waals surface area contributed by atoms with Gasteiger partial charge in [0.2, 0.25) is 0 Å². The van der Waals surface area contributed by atoms with Gasteiger partial charge in [0.1, 0.15) is 23.2 Å². The molecule has 0 aliphatic carbocycles. The molecular weight excluding hydrogens is 299 g/mol. The first-order valence-corrected chi connectivity index (χ1v) is 7.01. The molecule has 22 heavy (non-hydrogen) atoms. The number of hydrogen-bond acceptors (Lipinski definition) is 4. The van der Waals surface area contributed by atoms with Crippen molar-refractivity contribution in [3.8, 4) is 11.5 Å². The average Bonchev–Trinajstić information content (AvgIpc) is 3.00. The monoisotopic (exact) mass is 319 g/mol. The molecule has 0 spiro atoms. The van der Waals surface area contributed by atoms with E-state index < -0.39 is 17.8 Å². The van der Waals surface area contributed by atoms with Gasteiger partial charge in [-0.25, -0.2) is 0 Å². The Morgan fingerprint density at radius 3 is 2.27 bits per heavy atom. The second kappa shape index (κ2) is 6.75. The molecule has 1 aromatic rings. The van der Waals surface area contributed by atoms with Crippen LogP contribution in [0.4, 0.5) is 13.2 Å². The number of alkyl halides is 3. The van der Waals surface area contributed by atoms with E-state index in [1.165, 1.54) is 27.4 Å². The van der Waals surface area contributed by atoms with Crippen molar-refractivity contribution in [1.29, 1.82) is 0 Å². The summed E-state index contributed by atoms with van der Waals surface area (Å²) < 4.78 is 54.9. The number of hydrogen-bond donors (Lipinski definition) is 1. The SMILES string of the molecule is COc1cc(C(F)(F)F)c(OC)cc1C(OC)[C@@H]1CCCN1. The van der Waals surface area contributed by atoms with E-state index in [-0.39, 0.29) is 17.5 Å². The molecule has 2 rings (SSSR count). The Balaban J connectivity index is 2.50. The predicted octanol–water partition coefficient (Wildman–Crippen LogP) is 3.16. The lowest BCUT2D eigenvalue weighted by Crippen LogP contribution is -2.30. The van der Waals surface area contributed by atoms with Crippen molar-refractivity contribution < 1.29 is 27.4 Å². The van der Waals surface area contributed by atoms with Crippen molar-refractivity contribution in [3.05, 3.63) is 23.3 Å². The summed E-state index contributed by atoms with van der Waals surface area (Å²) in [5.74, 6) is -0.0861. The van der Waals surface area contributed by atoms with Crippen LogP contribution in [-0.2, 0) is 10.9 Å². The molecule has 0 bridgehead atoms. The average molecular weight is 319 g/mol. The van der Waals surface area contributed by atoms with Crippen LogP contribution >= 0.6 is 0 Å². The molecule has 0 aromatic heterocycles. The minimum atomic E-state index is -4.51. The van der Waals surface area contributed by atoms with Gasteiger partial charge in [0, 0.05) is 18.7 Å². The second-order valence-corrected chi connectivity index (χ2v) is 5.15. The molecule has 1 aromatic carbocycles. The van der Waals surface area contributed by atoms with Crippen molar-refractivity contribution >= 4 is 0 Å². The molecule has 1 saturated heterocycles. The van der Waals surface area contributed by atoms with E-state index in [0.717, 1.165) is 25.5 Å². The van der Waals surface area contributed by atoms with Crippen LogP contribution in [-0.4, -0.2) is 33.9 Å². The van der Waals surface area contributed by atoms with Crippen LogP contribution in [0.25, 0.3) is 0 Å². The number of ether oxygens (including phenoxy) is 3. The highest BCUT2D eigenvalue weighted by atomic mass is 19.4. The van der Waals surface area contributed by atoms with E-state index in [1.54, 1.807) is 0 Å². The zero-order valence-corrected chi connectivity index (χ0v) is 12.8. The van der Waals surface area contributed by atoms with Crippen LogP contribution in [0.1, 0.15) is 30.1 Å². The second-order valence-electron chi connectivity index (χ2n) is 5.15. The Morgan fingerprint density at radius 2 is 1.82 bits per heavy atom. The van der Waals surface area contributed by atoms with Crippen molar-refractivity contribution in [3.63, 3.8) is 0 Å².